The minimum Gasteiger partial charge on any atom is -0.497 e. The minimum absolute atomic E-state index is 0.224. The number of rotatable bonds is 8. The van der Waals surface area contributed by atoms with Crippen LogP contribution in [0.3, 0.4) is 0 Å². The van der Waals surface area contributed by atoms with Crippen LogP contribution in [0.4, 0.5) is 0 Å². The van der Waals surface area contributed by atoms with Crippen LogP contribution in [0.5, 0.6) is 5.75 Å². The molecule has 3 heteroatoms. The summed E-state index contributed by atoms with van der Waals surface area (Å²) in [5, 5.41) is 3.56. The highest BCUT2D eigenvalue weighted by Crippen LogP contribution is 2.15. The van der Waals surface area contributed by atoms with Gasteiger partial charge in [-0.05, 0) is 36.2 Å². The summed E-state index contributed by atoms with van der Waals surface area (Å²) in [5.41, 5.74) is 2.52. The van der Waals surface area contributed by atoms with E-state index in [9.17, 15) is 0 Å². The highest BCUT2D eigenvalue weighted by Gasteiger charge is 2.09. The third kappa shape index (κ3) is 4.88. The molecule has 1 unspecified atom stereocenters. The first-order chi connectivity index (χ1) is 10.3. The van der Waals surface area contributed by atoms with Crippen molar-refractivity contribution >= 4 is 0 Å². The van der Waals surface area contributed by atoms with E-state index in [-0.39, 0.29) is 6.04 Å². The molecule has 0 aromatic heterocycles. The average molecular weight is 285 g/mol. The van der Waals surface area contributed by atoms with Crippen LogP contribution in [-0.2, 0) is 11.2 Å². The molecule has 0 fully saturated rings. The molecule has 0 radical (unpaired) electrons. The quantitative estimate of drug-likeness (QED) is 0.808. The molecule has 21 heavy (non-hydrogen) atoms. The Kier molecular flexibility index (Phi) is 6.25. The Morgan fingerprint density at radius 1 is 1.00 bits per heavy atom. The van der Waals surface area contributed by atoms with E-state index >= 15 is 0 Å². The third-order valence-electron chi connectivity index (χ3n) is 3.47. The maximum atomic E-state index is 5.32. The molecule has 3 nitrogen and oxygen atoms in total. The van der Waals surface area contributed by atoms with E-state index in [1.165, 1.54) is 11.1 Å². The fourth-order valence-corrected chi connectivity index (χ4v) is 2.34. The molecule has 0 aliphatic rings. The molecule has 1 atom stereocenters. The number of hydrogen-bond acceptors (Lipinski definition) is 3. The van der Waals surface area contributed by atoms with Crippen molar-refractivity contribution in [1.82, 2.24) is 5.32 Å². The Morgan fingerprint density at radius 3 is 2.52 bits per heavy atom. The normalized spacial score (nSPS) is 12.1. The Morgan fingerprint density at radius 2 is 1.81 bits per heavy atom. The molecule has 0 amide bonds. The van der Waals surface area contributed by atoms with Crippen molar-refractivity contribution in [2.75, 3.05) is 27.4 Å². The summed E-state index contributed by atoms with van der Waals surface area (Å²) in [4.78, 5) is 0. The van der Waals surface area contributed by atoms with Gasteiger partial charge in [-0.3, -0.25) is 0 Å². The van der Waals surface area contributed by atoms with Gasteiger partial charge in [0.2, 0.25) is 0 Å². The molecule has 0 aliphatic carbocycles. The SMILES string of the molecule is COCC(NCCc1cccc(OC)c1)c1ccccc1. The van der Waals surface area contributed by atoms with E-state index in [1.807, 2.05) is 18.2 Å². The van der Waals surface area contributed by atoms with Gasteiger partial charge in [-0.15, -0.1) is 0 Å². The van der Waals surface area contributed by atoms with E-state index in [4.69, 9.17) is 9.47 Å². The summed E-state index contributed by atoms with van der Waals surface area (Å²) in [6.07, 6.45) is 0.963. The third-order valence-corrected chi connectivity index (χ3v) is 3.47. The average Bonchev–Trinajstić information content (AvgIpc) is 2.55. The van der Waals surface area contributed by atoms with Crippen LogP contribution < -0.4 is 10.1 Å². The molecule has 1 N–H and O–H groups in total. The molecule has 2 rings (SSSR count). The van der Waals surface area contributed by atoms with Crippen LogP contribution in [0, 0.1) is 0 Å². The Hall–Kier alpha value is -1.84. The molecular weight excluding hydrogens is 262 g/mol. The van der Waals surface area contributed by atoms with Crippen molar-refractivity contribution < 1.29 is 9.47 Å². The van der Waals surface area contributed by atoms with E-state index in [0.29, 0.717) is 6.61 Å². The second-order valence-corrected chi connectivity index (χ2v) is 4.97. The maximum absolute atomic E-state index is 5.32. The molecule has 112 valence electrons. The summed E-state index contributed by atoms with van der Waals surface area (Å²) >= 11 is 0. The minimum atomic E-state index is 0.224. The highest BCUT2D eigenvalue weighted by molar-refractivity contribution is 5.28. The molecule has 0 spiro atoms. The van der Waals surface area contributed by atoms with Gasteiger partial charge in [-0.25, -0.2) is 0 Å². The maximum Gasteiger partial charge on any atom is 0.119 e. The zero-order valence-electron chi connectivity index (χ0n) is 12.7. The van der Waals surface area contributed by atoms with Gasteiger partial charge >= 0.3 is 0 Å². The smallest absolute Gasteiger partial charge is 0.119 e. The Bertz CT molecular complexity index is 528. The van der Waals surface area contributed by atoms with Gasteiger partial charge in [0.25, 0.3) is 0 Å². The second-order valence-electron chi connectivity index (χ2n) is 4.97. The first-order valence-corrected chi connectivity index (χ1v) is 7.23. The molecule has 0 saturated carbocycles. The van der Waals surface area contributed by atoms with Crippen LogP contribution in [0.15, 0.2) is 54.6 Å². The van der Waals surface area contributed by atoms with Crippen LogP contribution >= 0.6 is 0 Å². The van der Waals surface area contributed by atoms with Crippen molar-refractivity contribution in [3.8, 4) is 5.75 Å². The fourth-order valence-electron chi connectivity index (χ4n) is 2.34. The van der Waals surface area contributed by atoms with Crippen molar-refractivity contribution in [3.63, 3.8) is 0 Å². The van der Waals surface area contributed by atoms with Crippen molar-refractivity contribution in [2.24, 2.45) is 0 Å². The molecule has 0 saturated heterocycles. The van der Waals surface area contributed by atoms with Crippen LogP contribution in [0.25, 0.3) is 0 Å². The zero-order chi connectivity index (χ0) is 14.9. The van der Waals surface area contributed by atoms with Gasteiger partial charge in [0.15, 0.2) is 0 Å². The number of benzene rings is 2. The Balaban J connectivity index is 1.90. The van der Waals surface area contributed by atoms with Crippen LogP contribution in [-0.4, -0.2) is 27.4 Å². The standard InChI is InChI=1S/C18H23NO2/c1-20-14-18(16-8-4-3-5-9-16)19-12-11-15-7-6-10-17(13-15)21-2/h3-10,13,18-19H,11-12,14H2,1-2H3. The number of ether oxygens (including phenoxy) is 2. The van der Waals surface area contributed by atoms with Gasteiger partial charge in [0.1, 0.15) is 5.75 Å². The number of hydrogen-bond donors (Lipinski definition) is 1. The van der Waals surface area contributed by atoms with Gasteiger partial charge in [-0.1, -0.05) is 42.5 Å². The van der Waals surface area contributed by atoms with E-state index < -0.39 is 0 Å². The lowest BCUT2D eigenvalue weighted by Gasteiger charge is -2.18. The predicted octanol–water partition coefficient (Wildman–Crippen LogP) is 3.22. The van der Waals surface area contributed by atoms with Crippen molar-refractivity contribution in [3.05, 3.63) is 65.7 Å². The number of nitrogens with one attached hydrogen (secondary N) is 1. The van der Waals surface area contributed by atoms with Crippen LogP contribution in [0.2, 0.25) is 0 Å². The largest absolute Gasteiger partial charge is 0.497 e. The lowest BCUT2D eigenvalue weighted by molar-refractivity contribution is 0.167. The van der Waals surface area contributed by atoms with Crippen molar-refractivity contribution in [2.45, 2.75) is 12.5 Å². The topological polar surface area (TPSA) is 30.5 Å². The summed E-state index contributed by atoms with van der Waals surface area (Å²) in [6.45, 7) is 1.57. The van der Waals surface area contributed by atoms with Gasteiger partial charge in [-0.2, -0.15) is 0 Å². The monoisotopic (exact) mass is 285 g/mol. The van der Waals surface area contributed by atoms with Crippen molar-refractivity contribution in [1.29, 1.82) is 0 Å². The van der Waals surface area contributed by atoms with Crippen LogP contribution in [0.1, 0.15) is 17.2 Å². The van der Waals surface area contributed by atoms with Gasteiger partial charge < -0.3 is 14.8 Å². The molecule has 0 bridgehead atoms. The Labute approximate surface area is 126 Å². The summed E-state index contributed by atoms with van der Waals surface area (Å²) < 4.78 is 10.6. The molecule has 0 aliphatic heterocycles. The zero-order valence-corrected chi connectivity index (χ0v) is 12.7. The highest BCUT2D eigenvalue weighted by atomic mass is 16.5. The summed E-state index contributed by atoms with van der Waals surface area (Å²) in [5.74, 6) is 0.906. The first kappa shape index (κ1) is 15.5. The van der Waals surface area contributed by atoms with E-state index in [1.54, 1.807) is 14.2 Å². The van der Waals surface area contributed by atoms with Gasteiger partial charge in [0, 0.05) is 7.11 Å². The number of methoxy groups -OCH3 is 2. The van der Waals surface area contributed by atoms with E-state index in [0.717, 1.165) is 18.7 Å². The second kappa shape index (κ2) is 8.45. The lowest BCUT2D eigenvalue weighted by Crippen LogP contribution is -2.27. The first-order valence-electron chi connectivity index (χ1n) is 7.23. The molecule has 0 heterocycles. The molecular formula is C18H23NO2. The molecule has 2 aromatic rings. The predicted molar refractivity (Wildman–Crippen MR) is 85.8 cm³/mol. The summed E-state index contributed by atoms with van der Waals surface area (Å²) in [6, 6.07) is 18.8. The fraction of sp³-hybridized carbons (Fsp3) is 0.333. The molecule has 2 aromatic carbocycles. The van der Waals surface area contributed by atoms with Gasteiger partial charge in [0.05, 0.1) is 19.8 Å². The van der Waals surface area contributed by atoms with E-state index in [2.05, 4.69) is 41.7 Å². The summed E-state index contributed by atoms with van der Waals surface area (Å²) in [7, 11) is 3.43. The lowest BCUT2D eigenvalue weighted by atomic mass is 10.1.